The number of rotatable bonds is 7. The third-order valence-electron chi connectivity index (χ3n) is 3.20. The van der Waals surface area contributed by atoms with Gasteiger partial charge >= 0.3 is 0 Å². The molecule has 0 radical (unpaired) electrons. The van der Waals surface area contributed by atoms with E-state index in [0.29, 0.717) is 6.61 Å². The van der Waals surface area contributed by atoms with Crippen LogP contribution in [0.5, 0.6) is 0 Å². The number of hydrogen-bond acceptors (Lipinski definition) is 2. The van der Waals surface area contributed by atoms with Gasteiger partial charge in [-0.25, -0.2) is 0 Å². The lowest BCUT2D eigenvalue weighted by molar-refractivity contribution is 0.182. The number of nitrogens with zero attached hydrogens (tertiary/aromatic N) is 2. The predicted molar refractivity (Wildman–Crippen MR) is 85.2 cm³/mol. The van der Waals surface area contributed by atoms with Gasteiger partial charge in [0.05, 0.1) is 34.9 Å². The molecule has 2 aromatic rings. The fraction of sp³-hybridized carbons (Fsp3) is 0.400. The molecule has 1 unspecified atom stereocenters. The molecule has 2 rings (SSSR count). The highest BCUT2D eigenvalue weighted by molar-refractivity contribution is 9.10. The molecule has 0 bridgehead atoms. The molecule has 0 aliphatic carbocycles. The summed E-state index contributed by atoms with van der Waals surface area (Å²) >= 11 is 10.0. The number of aromatic nitrogens is 2. The highest BCUT2D eigenvalue weighted by Gasteiger charge is 2.13. The SMILES string of the molecule is COCCn1ncc(Br)c1CCC(Cl)c1ccccc1. The third-order valence-corrected chi connectivity index (χ3v) is 4.33. The van der Waals surface area contributed by atoms with Crippen molar-refractivity contribution in [1.82, 2.24) is 9.78 Å². The molecule has 108 valence electrons. The van der Waals surface area contributed by atoms with Crippen molar-refractivity contribution in [2.75, 3.05) is 13.7 Å². The number of benzene rings is 1. The van der Waals surface area contributed by atoms with Crippen LogP contribution in [0.1, 0.15) is 23.1 Å². The number of hydrogen-bond donors (Lipinski definition) is 0. The van der Waals surface area contributed by atoms with E-state index in [-0.39, 0.29) is 5.38 Å². The van der Waals surface area contributed by atoms with Gasteiger partial charge in [0.25, 0.3) is 0 Å². The molecule has 5 heteroatoms. The highest BCUT2D eigenvalue weighted by atomic mass is 79.9. The molecular formula is C15H18BrClN2O. The summed E-state index contributed by atoms with van der Waals surface area (Å²) in [7, 11) is 1.70. The largest absolute Gasteiger partial charge is 0.383 e. The standard InChI is InChI=1S/C15H18BrClN2O/c1-20-10-9-19-15(13(16)11-18-19)8-7-14(17)12-5-3-2-4-6-12/h2-6,11,14H,7-10H2,1H3. The summed E-state index contributed by atoms with van der Waals surface area (Å²) in [5, 5.41) is 4.37. The van der Waals surface area contributed by atoms with Crippen LogP contribution < -0.4 is 0 Å². The van der Waals surface area contributed by atoms with Crippen molar-refractivity contribution in [3.63, 3.8) is 0 Å². The van der Waals surface area contributed by atoms with Crippen molar-refractivity contribution < 1.29 is 4.74 Å². The van der Waals surface area contributed by atoms with Gasteiger partial charge in [0, 0.05) is 7.11 Å². The number of halogens is 2. The second kappa shape index (κ2) is 7.81. The maximum atomic E-state index is 6.46. The smallest absolute Gasteiger partial charge is 0.0658 e. The van der Waals surface area contributed by atoms with E-state index < -0.39 is 0 Å². The first-order valence-corrected chi connectivity index (χ1v) is 7.83. The molecule has 3 nitrogen and oxygen atoms in total. The first-order valence-electron chi connectivity index (χ1n) is 6.60. The molecule has 20 heavy (non-hydrogen) atoms. The Kier molecular flexibility index (Phi) is 6.07. The molecule has 0 saturated carbocycles. The minimum Gasteiger partial charge on any atom is -0.383 e. The van der Waals surface area contributed by atoms with Crippen LogP contribution in [0, 0.1) is 0 Å². The van der Waals surface area contributed by atoms with Crippen LogP contribution >= 0.6 is 27.5 Å². The molecular weight excluding hydrogens is 340 g/mol. The Hall–Kier alpha value is -0.840. The van der Waals surface area contributed by atoms with Crippen molar-refractivity contribution in [1.29, 1.82) is 0 Å². The zero-order valence-electron chi connectivity index (χ0n) is 11.4. The molecule has 0 saturated heterocycles. The minimum atomic E-state index is 0.0221. The third kappa shape index (κ3) is 4.08. The monoisotopic (exact) mass is 356 g/mol. The van der Waals surface area contributed by atoms with Gasteiger partial charge in [-0.3, -0.25) is 4.68 Å². The summed E-state index contributed by atoms with van der Waals surface area (Å²) in [6.45, 7) is 1.42. The van der Waals surface area contributed by atoms with Crippen molar-refractivity contribution in [3.05, 3.63) is 52.3 Å². The van der Waals surface area contributed by atoms with Crippen LogP contribution in [0.25, 0.3) is 0 Å². The van der Waals surface area contributed by atoms with Gasteiger partial charge in [-0.1, -0.05) is 30.3 Å². The van der Waals surface area contributed by atoms with Gasteiger partial charge < -0.3 is 4.74 Å². The number of methoxy groups -OCH3 is 1. The zero-order chi connectivity index (χ0) is 14.4. The van der Waals surface area contributed by atoms with E-state index >= 15 is 0 Å². The maximum absolute atomic E-state index is 6.46. The Bertz CT molecular complexity index is 530. The van der Waals surface area contributed by atoms with E-state index in [4.69, 9.17) is 16.3 Å². The summed E-state index contributed by atoms with van der Waals surface area (Å²) in [6.07, 6.45) is 3.59. The van der Waals surface area contributed by atoms with Crippen LogP contribution in [-0.2, 0) is 17.7 Å². The Morgan fingerprint density at radius 3 is 2.80 bits per heavy atom. The van der Waals surface area contributed by atoms with Crippen molar-refractivity contribution in [2.45, 2.75) is 24.8 Å². The molecule has 1 atom stereocenters. The highest BCUT2D eigenvalue weighted by Crippen LogP contribution is 2.27. The normalized spacial score (nSPS) is 12.6. The molecule has 0 N–H and O–H groups in total. The minimum absolute atomic E-state index is 0.0221. The summed E-state index contributed by atoms with van der Waals surface area (Å²) in [6, 6.07) is 10.2. The summed E-state index contributed by atoms with van der Waals surface area (Å²) in [4.78, 5) is 0. The van der Waals surface area contributed by atoms with Crippen LogP contribution in [0.2, 0.25) is 0 Å². The molecule has 0 spiro atoms. The summed E-state index contributed by atoms with van der Waals surface area (Å²) in [5.41, 5.74) is 2.33. The second-order valence-electron chi connectivity index (χ2n) is 4.57. The van der Waals surface area contributed by atoms with Gasteiger partial charge in [-0.2, -0.15) is 5.10 Å². The van der Waals surface area contributed by atoms with Crippen LogP contribution in [-0.4, -0.2) is 23.5 Å². The van der Waals surface area contributed by atoms with E-state index in [1.54, 1.807) is 7.11 Å². The summed E-state index contributed by atoms with van der Waals surface area (Å²) < 4.78 is 8.11. The fourth-order valence-electron chi connectivity index (χ4n) is 2.10. The zero-order valence-corrected chi connectivity index (χ0v) is 13.8. The van der Waals surface area contributed by atoms with E-state index in [1.165, 1.54) is 5.69 Å². The van der Waals surface area contributed by atoms with Gasteiger partial charge in [0.1, 0.15) is 0 Å². The summed E-state index contributed by atoms with van der Waals surface area (Å²) in [5.74, 6) is 0. The first-order chi connectivity index (χ1) is 9.72. The lowest BCUT2D eigenvalue weighted by Crippen LogP contribution is -2.10. The molecule has 0 aliphatic rings. The average Bonchev–Trinajstić information content (AvgIpc) is 2.84. The fourth-order valence-corrected chi connectivity index (χ4v) is 2.85. The van der Waals surface area contributed by atoms with Crippen molar-refractivity contribution >= 4 is 27.5 Å². The average molecular weight is 358 g/mol. The number of alkyl halides is 1. The van der Waals surface area contributed by atoms with Gasteiger partial charge in [0.2, 0.25) is 0 Å². The lowest BCUT2D eigenvalue weighted by Gasteiger charge is -2.11. The van der Waals surface area contributed by atoms with Gasteiger partial charge in [-0.15, -0.1) is 11.6 Å². The Morgan fingerprint density at radius 2 is 2.10 bits per heavy atom. The van der Waals surface area contributed by atoms with E-state index in [1.807, 2.05) is 29.1 Å². The molecule has 0 fully saturated rings. The van der Waals surface area contributed by atoms with Crippen LogP contribution in [0.15, 0.2) is 41.0 Å². The molecule has 0 aliphatic heterocycles. The molecule has 0 amide bonds. The topological polar surface area (TPSA) is 27.1 Å². The van der Waals surface area contributed by atoms with Crippen LogP contribution in [0.3, 0.4) is 0 Å². The van der Waals surface area contributed by atoms with E-state index in [9.17, 15) is 0 Å². The van der Waals surface area contributed by atoms with E-state index in [2.05, 4.69) is 33.2 Å². The molecule has 1 aromatic heterocycles. The maximum Gasteiger partial charge on any atom is 0.0658 e. The number of ether oxygens (including phenoxy) is 1. The predicted octanol–water partition coefficient (Wildman–Crippen LogP) is 4.20. The first kappa shape index (κ1) is 15.5. The van der Waals surface area contributed by atoms with Gasteiger partial charge in [0.15, 0.2) is 0 Å². The molecule has 1 aromatic carbocycles. The Labute approximate surface area is 133 Å². The second-order valence-corrected chi connectivity index (χ2v) is 5.95. The van der Waals surface area contributed by atoms with Crippen molar-refractivity contribution in [3.8, 4) is 0 Å². The van der Waals surface area contributed by atoms with Crippen LogP contribution in [0.4, 0.5) is 0 Å². The lowest BCUT2D eigenvalue weighted by atomic mass is 10.1. The quantitative estimate of drug-likeness (QED) is 0.694. The molecule has 1 heterocycles. The Balaban J connectivity index is 1.98. The van der Waals surface area contributed by atoms with Gasteiger partial charge in [-0.05, 0) is 34.3 Å². The van der Waals surface area contributed by atoms with E-state index in [0.717, 1.165) is 29.4 Å². The Morgan fingerprint density at radius 1 is 1.35 bits per heavy atom. The van der Waals surface area contributed by atoms with Crippen molar-refractivity contribution in [2.24, 2.45) is 0 Å².